The highest BCUT2D eigenvalue weighted by atomic mass is 16.5. The molecule has 0 spiro atoms. The second kappa shape index (κ2) is 8.57. The van der Waals surface area contributed by atoms with Crippen LogP contribution >= 0.6 is 0 Å². The molecule has 1 aromatic heterocycles. The quantitative estimate of drug-likeness (QED) is 0.738. The Hall–Kier alpha value is -2.34. The highest BCUT2D eigenvalue weighted by molar-refractivity contribution is 5.78. The third-order valence-electron chi connectivity index (χ3n) is 5.52. The third kappa shape index (κ3) is 4.33. The molecule has 0 radical (unpaired) electrons. The topological polar surface area (TPSA) is 68.2 Å². The number of hydrogen-bond acceptors (Lipinski definition) is 4. The lowest BCUT2D eigenvalue weighted by Gasteiger charge is -2.21. The van der Waals surface area contributed by atoms with Crippen molar-refractivity contribution in [2.45, 2.75) is 45.3 Å². The van der Waals surface area contributed by atoms with Crippen molar-refractivity contribution in [3.05, 3.63) is 36.0 Å². The maximum absolute atomic E-state index is 12.3. The first-order valence-corrected chi connectivity index (χ1v) is 10.1. The average Bonchev–Trinajstić information content (AvgIpc) is 3.12. The smallest absolute Gasteiger partial charge is 0.241 e. The van der Waals surface area contributed by atoms with Crippen LogP contribution < -0.4 is 15.4 Å². The Morgan fingerprint density at radius 1 is 1.19 bits per heavy atom. The first-order chi connectivity index (χ1) is 13.3. The molecule has 1 fully saturated rings. The summed E-state index contributed by atoms with van der Waals surface area (Å²) >= 11 is 0. The standard InChI is InChI=1S/C21H28N4O2/c26-20(23-11-10-22-12-16-6-2-1-3-7-16)14-25-21-17(13-24-25)15-27-19-9-5-4-8-18(19)21/h4-5,8-9,13,16,22H,1-3,6-7,10-12,14-15H2,(H,23,26). The molecule has 2 aliphatic rings. The number of carbonyl (C=O) groups is 1. The summed E-state index contributed by atoms with van der Waals surface area (Å²) in [7, 11) is 0. The summed E-state index contributed by atoms with van der Waals surface area (Å²) in [5, 5.41) is 10.9. The van der Waals surface area contributed by atoms with Gasteiger partial charge in [0.05, 0.1) is 11.9 Å². The number of nitrogens with zero attached hydrogens (tertiary/aromatic N) is 2. The molecule has 4 rings (SSSR count). The van der Waals surface area contributed by atoms with Gasteiger partial charge in [0.25, 0.3) is 0 Å². The van der Waals surface area contributed by atoms with Crippen molar-refractivity contribution in [3.63, 3.8) is 0 Å². The van der Waals surface area contributed by atoms with Crippen molar-refractivity contribution in [1.29, 1.82) is 0 Å². The fraction of sp³-hybridized carbons (Fsp3) is 0.524. The summed E-state index contributed by atoms with van der Waals surface area (Å²) in [6, 6.07) is 7.90. The summed E-state index contributed by atoms with van der Waals surface area (Å²) in [5.74, 6) is 1.65. The zero-order valence-electron chi connectivity index (χ0n) is 15.7. The van der Waals surface area contributed by atoms with E-state index in [2.05, 4.69) is 15.7 Å². The number of carbonyl (C=O) groups excluding carboxylic acids is 1. The fourth-order valence-corrected chi connectivity index (χ4v) is 4.08. The van der Waals surface area contributed by atoms with E-state index in [-0.39, 0.29) is 12.5 Å². The van der Waals surface area contributed by atoms with Gasteiger partial charge < -0.3 is 15.4 Å². The van der Waals surface area contributed by atoms with Crippen LogP contribution in [0, 0.1) is 5.92 Å². The molecule has 1 aromatic carbocycles. The zero-order valence-corrected chi connectivity index (χ0v) is 15.7. The van der Waals surface area contributed by atoms with Crippen LogP contribution in [-0.2, 0) is 17.9 Å². The minimum Gasteiger partial charge on any atom is -0.488 e. The molecule has 27 heavy (non-hydrogen) atoms. The largest absolute Gasteiger partial charge is 0.488 e. The normalized spacial score (nSPS) is 16.3. The molecule has 0 atom stereocenters. The van der Waals surface area contributed by atoms with E-state index in [9.17, 15) is 4.79 Å². The molecular formula is C21H28N4O2. The van der Waals surface area contributed by atoms with Crippen LogP contribution in [0.2, 0.25) is 0 Å². The van der Waals surface area contributed by atoms with Crippen molar-refractivity contribution in [1.82, 2.24) is 20.4 Å². The molecule has 1 aliphatic carbocycles. The Kier molecular flexibility index (Phi) is 5.72. The van der Waals surface area contributed by atoms with E-state index in [1.807, 2.05) is 24.3 Å². The minimum absolute atomic E-state index is 0.00987. The van der Waals surface area contributed by atoms with Crippen molar-refractivity contribution in [2.75, 3.05) is 19.6 Å². The first kappa shape index (κ1) is 18.0. The van der Waals surface area contributed by atoms with Crippen molar-refractivity contribution >= 4 is 5.91 Å². The maximum atomic E-state index is 12.3. The molecule has 1 amide bonds. The van der Waals surface area contributed by atoms with E-state index in [1.165, 1.54) is 32.1 Å². The number of fused-ring (bicyclic) bond motifs is 3. The zero-order chi connectivity index (χ0) is 18.5. The van der Waals surface area contributed by atoms with Gasteiger partial charge in [-0.2, -0.15) is 5.10 Å². The molecule has 2 aromatic rings. The van der Waals surface area contributed by atoms with Gasteiger partial charge in [-0.25, -0.2) is 0 Å². The number of amides is 1. The Labute approximate surface area is 160 Å². The molecule has 1 saturated carbocycles. The van der Waals surface area contributed by atoms with E-state index in [4.69, 9.17) is 4.74 Å². The molecular weight excluding hydrogens is 340 g/mol. The highest BCUT2D eigenvalue weighted by Crippen LogP contribution is 2.36. The Morgan fingerprint density at radius 3 is 2.93 bits per heavy atom. The predicted molar refractivity (Wildman–Crippen MR) is 104 cm³/mol. The van der Waals surface area contributed by atoms with Crippen LogP contribution in [0.25, 0.3) is 11.3 Å². The average molecular weight is 368 g/mol. The molecule has 6 nitrogen and oxygen atoms in total. The molecule has 2 N–H and O–H groups in total. The van der Waals surface area contributed by atoms with E-state index in [0.29, 0.717) is 13.2 Å². The van der Waals surface area contributed by atoms with Crippen molar-refractivity contribution in [3.8, 4) is 17.0 Å². The SMILES string of the molecule is O=C(Cn1ncc2c1-c1ccccc1OC2)NCCNCC1CCCCC1. The van der Waals surface area contributed by atoms with Gasteiger partial charge in [-0.15, -0.1) is 0 Å². The molecule has 2 heterocycles. The number of rotatable bonds is 7. The highest BCUT2D eigenvalue weighted by Gasteiger charge is 2.22. The van der Waals surface area contributed by atoms with Crippen LogP contribution in [0.5, 0.6) is 5.75 Å². The summed E-state index contributed by atoms with van der Waals surface area (Å²) in [5.41, 5.74) is 3.01. The first-order valence-electron chi connectivity index (χ1n) is 10.1. The van der Waals surface area contributed by atoms with Crippen LogP contribution in [0.1, 0.15) is 37.7 Å². The number of benzene rings is 1. The van der Waals surface area contributed by atoms with Crippen molar-refractivity contribution < 1.29 is 9.53 Å². The van der Waals surface area contributed by atoms with E-state index < -0.39 is 0 Å². The minimum atomic E-state index is -0.00987. The van der Waals surface area contributed by atoms with Crippen molar-refractivity contribution in [2.24, 2.45) is 5.92 Å². The predicted octanol–water partition coefficient (Wildman–Crippen LogP) is 2.73. The van der Waals surface area contributed by atoms with Crippen LogP contribution in [-0.4, -0.2) is 35.3 Å². The lowest BCUT2D eigenvalue weighted by Crippen LogP contribution is -2.36. The second-order valence-corrected chi connectivity index (χ2v) is 7.52. The third-order valence-corrected chi connectivity index (χ3v) is 5.52. The van der Waals surface area contributed by atoms with E-state index >= 15 is 0 Å². The number of para-hydroxylation sites is 1. The number of ether oxygens (including phenoxy) is 1. The summed E-state index contributed by atoms with van der Waals surface area (Å²) in [6.07, 6.45) is 8.60. The second-order valence-electron chi connectivity index (χ2n) is 7.52. The lowest BCUT2D eigenvalue weighted by molar-refractivity contribution is -0.121. The van der Waals surface area contributed by atoms with Gasteiger partial charge >= 0.3 is 0 Å². The van der Waals surface area contributed by atoms with Crippen LogP contribution in [0.4, 0.5) is 0 Å². The van der Waals surface area contributed by atoms with Gasteiger partial charge in [0.1, 0.15) is 18.9 Å². The summed E-state index contributed by atoms with van der Waals surface area (Å²) in [6.45, 7) is 3.26. The van der Waals surface area contributed by atoms with Gasteiger partial charge in [-0.1, -0.05) is 31.4 Å². The van der Waals surface area contributed by atoms with Crippen LogP contribution in [0.3, 0.4) is 0 Å². The summed E-state index contributed by atoms with van der Waals surface area (Å²) in [4.78, 5) is 12.3. The monoisotopic (exact) mass is 368 g/mol. The number of aromatic nitrogens is 2. The maximum Gasteiger partial charge on any atom is 0.241 e. The van der Waals surface area contributed by atoms with E-state index in [1.54, 1.807) is 10.9 Å². The Morgan fingerprint density at radius 2 is 2.04 bits per heavy atom. The molecule has 144 valence electrons. The van der Waals surface area contributed by atoms with Gasteiger partial charge in [0.2, 0.25) is 5.91 Å². The Balaban J connectivity index is 1.26. The molecule has 0 saturated heterocycles. The lowest BCUT2D eigenvalue weighted by atomic mass is 9.89. The molecule has 6 heteroatoms. The van der Waals surface area contributed by atoms with Gasteiger partial charge in [0, 0.05) is 24.2 Å². The van der Waals surface area contributed by atoms with E-state index in [0.717, 1.165) is 41.6 Å². The van der Waals surface area contributed by atoms with Gasteiger partial charge in [0.15, 0.2) is 0 Å². The molecule has 1 aliphatic heterocycles. The molecule has 0 bridgehead atoms. The number of hydrogen-bond donors (Lipinski definition) is 2. The van der Waals surface area contributed by atoms with Gasteiger partial charge in [-0.05, 0) is 37.4 Å². The van der Waals surface area contributed by atoms with Gasteiger partial charge in [-0.3, -0.25) is 9.48 Å². The fourth-order valence-electron chi connectivity index (χ4n) is 4.08. The Bertz CT molecular complexity index is 780. The number of nitrogens with one attached hydrogen (secondary N) is 2. The van der Waals surface area contributed by atoms with Crippen LogP contribution in [0.15, 0.2) is 30.5 Å². The molecule has 0 unspecified atom stereocenters. The summed E-state index contributed by atoms with van der Waals surface area (Å²) < 4.78 is 7.53.